The predicted octanol–water partition coefficient (Wildman–Crippen LogP) is 6.07. The number of nitrogens with two attached hydrogens (primary N) is 1. The molecule has 0 unspecified atom stereocenters. The molecule has 0 aliphatic carbocycles. The Hall–Kier alpha value is -3.71. The van der Waals surface area contributed by atoms with Crippen LogP contribution in [0.3, 0.4) is 0 Å². The average molecular weight is 447 g/mol. The highest BCUT2D eigenvalue weighted by Crippen LogP contribution is 2.36. The van der Waals surface area contributed by atoms with Gasteiger partial charge in [-0.05, 0) is 53.4 Å². The van der Waals surface area contributed by atoms with E-state index in [0.717, 1.165) is 26.9 Å². The van der Waals surface area contributed by atoms with E-state index in [2.05, 4.69) is 6.07 Å². The van der Waals surface area contributed by atoms with Gasteiger partial charge in [-0.2, -0.15) is 8.78 Å². The molecule has 0 saturated carbocycles. The summed E-state index contributed by atoms with van der Waals surface area (Å²) >= 11 is 1.61. The van der Waals surface area contributed by atoms with Gasteiger partial charge in [0.05, 0.1) is 17.6 Å². The number of rotatable bonds is 6. The van der Waals surface area contributed by atoms with Gasteiger partial charge in [0, 0.05) is 26.8 Å². The molecule has 0 spiro atoms. The number of benzene rings is 3. The molecule has 2 aromatic heterocycles. The molecule has 32 heavy (non-hydrogen) atoms. The van der Waals surface area contributed by atoms with Crippen LogP contribution in [0.4, 0.5) is 8.78 Å². The van der Waals surface area contributed by atoms with Crippen molar-refractivity contribution < 1.29 is 18.3 Å². The van der Waals surface area contributed by atoms with Gasteiger partial charge in [-0.15, -0.1) is 11.3 Å². The van der Waals surface area contributed by atoms with Gasteiger partial charge >= 0.3 is 6.61 Å². The lowest BCUT2D eigenvalue weighted by atomic mass is 10.0. The first-order chi connectivity index (χ1) is 15.5. The van der Waals surface area contributed by atoms with Crippen LogP contribution in [0.1, 0.15) is 15.9 Å². The molecular weight excluding hydrogens is 430 g/mol. The molecule has 2 heterocycles. The van der Waals surface area contributed by atoms with E-state index in [0.29, 0.717) is 16.5 Å². The third-order valence-electron chi connectivity index (χ3n) is 5.38. The number of carbonyl (C=O) groups excluding carboxylic acids is 1. The van der Waals surface area contributed by atoms with Crippen LogP contribution in [0.5, 0.6) is 5.75 Å². The number of aromatic nitrogens is 1. The van der Waals surface area contributed by atoms with Crippen molar-refractivity contribution in [3.05, 3.63) is 89.3 Å². The Balaban J connectivity index is 1.77. The normalized spacial score (nSPS) is 11.5. The van der Waals surface area contributed by atoms with Crippen LogP contribution in [0.15, 0.2) is 72.1 Å². The van der Waals surface area contributed by atoms with Gasteiger partial charge in [0.1, 0.15) is 5.75 Å². The highest BCUT2D eigenvalue weighted by molar-refractivity contribution is 7.13. The number of para-hydroxylation sites is 1. The standard InChI is InChI=1S/C25H17F2N2O2S/c26-25(27)31-21-8-2-1-5-16(21)14-29-19-7-3-6-18(24(28)30)23(19)17-11-10-15(13-20(17)29)22-9-4-12-32-22/h1-10,12-13,25H,14H2,(H2,28,30). The van der Waals surface area contributed by atoms with Crippen LogP contribution in [0.25, 0.3) is 32.2 Å². The van der Waals surface area contributed by atoms with E-state index in [1.165, 1.54) is 6.07 Å². The molecule has 1 radical (unpaired) electrons. The van der Waals surface area contributed by atoms with Crippen LogP contribution in [-0.4, -0.2) is 17.1 Å². The number of fused-ring (bicyclic) bond motifs is 3. The van der Waals surface area contributed by atoms with E-state index in [4.69, 9.17) is 10.5 Å². The molecule has 0 bridgehead atoms. The van der Waals surface area contributed by atoms with Gasteiger partial charge < -0.3 is 15.0 Å². The number of primary amides is 1. The lowest BCUT2D eigenvalue weighted by Gasteiger charge is -2.13. The smallest absolute Gasteiger partial charge is 0.387 e. The Morgan fingerprint density at radius 1 is 1.09 bits per heavy atom. The molecular formula is C25H17F2N2O2S. The van der Waals surface area contributed by atoms with Crippen LogP contribution in [-0.2, 0) is 6.54 Å². The minimum Gasteiger partial charge on any atom is -0.434 e. The summed E-state index contributed by atoms with van der Waals surface area (Å²) in [4.78, 5) is 13.2. The minimum atomic E-state index is -2.92. The number of hydrogen-bond acceptors (Lipinski definition) is 3. The largest absolute Gasteiger partial charge is 0.434 e. The number of thiophene rings is 1. The summed E-state index contributed by atoms with van der Waals surface area (Å²) in [5.74, 6) is -0.422. The fourth-order valence-corrected chi connectivity index (χ4v) is 4.75. The highest BCUT2D eigenvalue weighted by Gasteiger charge is 2.19. The number of alkyl halides is 2. The van der Waals surface area contributed by atoms with Crippen molar-refractivity contribution in [2.24, 2.45) is 5.73 Å². The fourth-order valence-electron chi connectivity index (χ4n) is 4.03. The zero-order valence-corrected chi connectivity index (χ0v) is 17.5. The summed E-state index contributed by atoms with van der Waals surface area (Å²) in [6, 6.07) is 23.3. The molecule has 159 valence electrons. The van der Waals surface area contributed by atoms with Crippen molar-refractivity contribution in [1.29, 1.82) is 0 Å². The third kappa shape index (κ3) is 3.50. The molecule has 7 heteroatoms. The second-order valence-corrected chi connectivity index (χ2v) is 8.21. The highest BCUT2D eigenvalue weighted by atomic mass is 32.1. The Morgan fingerprint density at radius 2 is 1.94 bits per heavy atom. The zero-order valence-electron chi connectivity index (χ0n) is 16.7. The maximum atomic E-state index is 13.0. The molecule has 4 nitrogen and oxygen atoms in total. The summed E-state index contributed by atoms with van der Waals surface area (Å²) in [5.41, 5.74) is 9.21. The number of hydrogen-bond donors (Lipinski definition) is 1. The molecule has 5 rings (SSSR count). The summed E-state index contributed by atoms with van der Waals surface area (Å²) in [6.45, 7) is -2.65. The van der Waals surface area contributed by atoms with Gasteiger partial charge in [0.2, 0.25) is 5.91 Å². The van der Waals surface area contributed by atoms with Gasteiger partial charge in [-0.3, -0.25) is 4.79 Å². The Kier molecular flexibility index (Phi) is 5.11. The Morgan fingerprint density at radius 3 is 2.69 bits per heavy atom. The monoisotopic (exact) mass is 447 g/mol. The van der Waals surface area contributed by atoms with E-state index in [9.17, 15) is 13.6 Å². The zero-order chi connectivity index (χ0) is 22.2. The molecule has 2 N–H and O–H groups in total. The maximum Gasteiger partial charge on any atom is 0.387 e. The number of carbonyl (C=O) groups is 1. The molecule has 0 atom stereocenters. The lowest BCUT2D eigenvalue weighted by Crippen LogP contribution is -2.11. The van der Waals surface area contributed by atoms with Crippen LogP contribution >= 0.6 is 11.3 Å². The van der Waals surface area contributed by atoms with Gasteiger partial charge in [-0.1, -0.05) is 30.3 Å². The van der Waals surface area contributed by atoms with Crippen molar-refractivity contribution in [2.45, 2.75) is 13.2 Å². The van der Waals surface area contributed by atoms with Crippen molar-refractivity contribution in [3.63, 3.8) is 0 Å². The first-order valence-corrected chi connectivity index (χ1v) is 10.7. The van der Waals surface area contributed by atoms with Crippen LogP contribution < -0.4 is 10.5 Å². The number of ether oxygens (including phenoxy) is 1. The summed E-state index contributed by atoms with van der Waals surface area (Å²) in [5, 5.41) is 3.44. The quantitative estimate of drug-likeness (QED) is 0.343. The summed E-state index contributed by atoms with van der Waals surface area (Å²) in [7, 11) is 0. The first-order valence-electron chi connectivity index (χ1n) is 9.86. The summed E-state index contributed by atoms with van der Waals surface area (Å²) < 4.78 is 32.6. The molecule has 0 fully saturated rings. The molecule has 3 aromatic carbocycles. The molecule has 0 aliphatic heterocycles. The van der Waals surface area contributed by atoms with E-state index >= 15 is 0 Å². The number of halogens is 2. The average Bonchev–Trinajstić information content (AvgIpc) is 3.41. The van der Waals surface area contributed by atoms with Crippen molar-refractivity contribution >= 4 is 39.0 Å². The maximum absolute atomic E-state index is 13.0. The van der Waals surface area contributed by atoms with Crippen molar-refractivity contribution in [2.75, 3.05) is 0 Å². The van der Waals surface area contributed by atoms with Gasteiger partial charge in [0.25, 0.3) is 0 Å². The molecule has 5 aromatic rings. The van der Waals surface area contributed by atoms with Gasteiger partial charge in [0.15, 0.2) is 0 Å². The second kappa shape index (κ2) is 8.09. The summed E-state index contributed by atoms with van der Waals surface area (Å²) in [6.07, 6.45) is 0. The SMILES string of the molecule is NC(=O)c1cccc2c1c1[c]cc(-c3cccs3)cc1n2Cc1ccccc1OC(F)F. The van der Waals surface area contributed by atoms with Crippen LogP contribution in [0, 0.1) is 6.07 Å². The predicted molar refractivity (Wildman–Crippen MR) is 122 cm³/mol. The topological polar surface area (TPSA) is 57.2 Å². The third-order valence-corrected chi connectivity index (χ3v) is 6.30. The second-order valence-electron chi connectivity index (χ2n) is 7.26. The van der Waals surface area contributed by atoms with Crippen LogP contribution in [0.2, 0.25) is 0 Å². The van der Waals surface area contributed by atoms with E-state index in [1.54, 1.807) is 41.7 Å². The van der Waals surface area contributed by atoms with E-state index in [1.807, 2.05) is 40.3 Å². The Labute approximate surface area is 186 Å². The minimum absolute atomic E-state index is 0.113. The molecule has 0 saturated heterocycles. The van der Waals surface area contributed by atoms with Gasteiger partial charge in [-0.25, -0.2) is 0 Å². The molecule has 1 amide bonds. The molecule has 0 aliphatic rings. The number of nitrogens with zero attached hydrogens (tertiary/aromatic N) is 1. The number of amides is 1. The van der Waals surface area contributed by atoms with E-state index < -0.39 is 12.5 Å². The lowest BCUT2D eigenvalue weighted by molar-refractivity contribution is -0.0504. The van der Waals surface area contributed by atoms with E-state index in [-0.39, 0.29) is 12.3 Å². The first kappa shape index (κ1) is 20.2. The fraction of sp³-hybridized carbons (Fsp3) is 0.0800. The Bertz CT molecular complexity index is 1440. The van der Waals surface area contributed by atoms with Crippen molar-refractivity contribution in [1.82, 2.24) is 4.57 Å². The van der Waals surface area contributed by atoms with Crippen molar-refractivity contribution in [3.8, 4) is 16.2 Å².